The van der Waals surface area contributed by atoms with Crippen LogP contribution in [-0.4, -0.2) is 25.3 Å². The molecule has 5 nitrogen and oxygen atoms in total. The normalized spacial score (nSPS) is 10.8. The van der Waals surface area contributed by atoms with E-state index in [4.69, 9.17) is 11.6 Å². The third-order valence-electron chi connectivity index (χ3n) is 4.91. The van der Waals surface area contributed by atoms with Crippen molar-refractivity contribution >= 4 is 17.5 Å². The van der Waals surface area contributed by atoms with Crippen LogP contribution in [0.5, 0.6) is 0 Å². The summed E-state index contributed by atoms with van der Waals surface area (Å²) in [6, 6.07) is 16.9. The van der Waals surface area contributed by atoms with Gasteiger partial charge in [-0.3, -0.25) is 9.78 Å². The van der Waals surface area contributed by atoms with E-state index in [2.05, 4.69) is 9.97 Å². The number of imidazole rings is 1. The molecule has 0 aliphatic heterocycles. The number of hydrogen-bond donors (Lipinski definition) is 0. The fraction of sp³-hybridized carbons (Fsp3) is 0.125. The van der Waals surface area contributed by atoms with Gasteiger partial charge in [0.25, 0.3) is 5.91 Å². The highest BCUT2D eigenvalue weighted by molar-refractivity contribution is 6.31. The van der Waals surface area contributed by atoms with Gasteiger partial charge in [0, 0.05) is 41.9 Å². The smallest absolute Gasteiger partial charge is 0.254 e. The molecule has 156 valence electrons. The Morgan fingerprint density at radius 1 is 1.00 bits per heavy atom. The second-order valence-electron chi connectivity index (χ2n) is 7.09. The second kappa shape index (κ2) is 9.53. The van der Waals surface area contributed by atoms with Gasteiger partial charge in [-0.2, -0.15) is 0 Å². The van der Waals surface area contributed by atoms with Gasteiger partial charge >= 0.3 is 0 Å². The summed E-state index contributed by atoms with van der Waals surface area (Å²) in [6.07, 6.45) is 6.98. The minimum absolute atomic E-state index is 0.212. The van der Waals surface area contributed by atoms with Crippen molar-refractivity contribution in [1.82, 2.24) is 19.4 Å². The molecule has 2 heterocycles. The Hall–Kier alpha value is -3.51. The summed E-state index contributed by atoms with van der Waals surface area (Å²) in [7, 11) is 0. The Kier molecular flexibility index (Phi) is 6.38. The molecule has 0 saturated heterocycles. The van der Waals surface area contributed by atoms with Gasteiger partial charge in [0.1, 0.15) is 11.6 Å². The van der Waals surface area contributed by atoms with Crippen molar-refractivity contribution in [2.24, 2.45) is 0 Å². The van der Waals surface area contributed by atoms with Crippen LogP contribution in [0.15, 0.2) is 85.5 Å². The molecule has 31 heavy (non-hydrogen) atoms. The first-order valence-corrected chi connectivity index (χ1v) is 10.1. The lowest BCUT2D eigenvalue weighted by Crippen LogP contribution is -2.31. The zero-order chi connectivity index (χ0) is 21.6. The molecule has 0 bridgehead atoms. The first-order chi connectivity index (χ1) is 15.1. The molecule has 0 N–H and O–H groups in total. The van der Waals surface area contributed by atoms with Gasteiger partial charge < -0.3 is 9.47 Å². The summed E-state index contributed by atoms with van der Waals surface area (Å²) in [6.45, 7) is 1.17. The van der Waals surface area contributed by atoms with Crippen LogP contribution < -0.4 is 0 Å². The van der Waals surface area contributed by atoms with Gasteiger partial charge in [0.15, 0.2) is 0 Å². The predicted octanol–water partition coefficient (Wildman–Crippen LogP) is 4.96. The maximum atomic E-state index is 13.3. The number of nitrogens with zero attached hydrogens (tertiary/aromatic N) is 4. The van der Waals surface area contributed by atoms with Gasteiger partial charge in [-0.15, -0.1) is 0 Å². The van der Waals surface area contributed by atoms with Crippen molar-refractivity contribution in [1.29, 1.82) is 0 Å². The molecule has 7 heteroatoms. The van der Waals surface area contributed by atoms with Crippen LogP contribution in [0.3, 0.4) is 0 Å². The predicted molar refractivity (Wildman–Crippen MR) is 117 cm³/mol. The van der Waals surface area contributed by atoms with Crippen molar-refractivity contribution in [2.45, 2.75) is 19.6 Å². The van der Waals surface area contributed by atoms with E-state index >= 15 is 0 Å². The number of carbonyl (C=O) groups is 1. The third-order valence-corrected chi connectivity index (χ3v) is 5.28. The molecular weight excluding hydrogens is 415 g/mol. The topological polar surface area (TPSA) is 51.0 Å². The highest BCUT2D eigenvalue weighted by atomic mass is 35.5. The molecule has 0 spiro atoms. The Morgan fingerprint density at radius 2 is 1.81 bits per heavy atom. The van der Waals surface area contributed by atoms with Crippen LogP contribution >= 0.6 is 11.6 Å². The first-order valence-electron chi connectivity index (χ1n) is 9.77. The molecule has 4 rings (SSSR count). The number of aromatic nitrogens is 3. The monoisotopic (exact) mass is 434 g/mol. The number of hydrogen-bond acceptors (Lipinski definition) is 3. The van der Waals surface area contributed by atoms with Gasteiger partial charge in [0.2, 0.25) is 0 Å². The van der Waals surface area contributed by atoms with Crippen molar-refractivity contribution < 1.29 is 9.18 Å². The fourth-order valence-corrected chi connectivity index (χ4v) is 3.50. The van der Waals surface area contributed by atoms with E-state index in [1.54, 1.807) is 23.5 Å². The molecule has 4 aromatic rings. The van der Waals surface area contributed by atoms with E-state index in [1.807, 2.05) is 47.2 Å². The minimum atomic E-state index is -0.384. The molecule has 0 saturated carbocycles. The summed E-state index contributed by atoms with van der Waals surface area (Å²) in [4.78, 5) is 23.5. The quantitative estimate of drug-likeness (QED) is 0.413. The van der Waals surface area contributed by atoms with Crippen LogP contribution in [-0.2, 0) is 19.6 Å². The number of carbonyl (C=O) groups excluding carboxylic acids is 1. The Morgan fingerprint density at radius 3 is 2.55 bits per heavy atom. The highest BCUT2D eigenvalue weighted by Gasteiger charge is 2.19. The molecule has 0 aliphatic carbocycles. The molecule has 0 fully saturated rings. The standard InChI is InChI=1S/C24H20ClFN4O/c25-22-6-2-1-5-20(22)16-29-13-12-28-23(29)17-30(15-18-4-3-11-27-14-18)24(31)19-7-9-21(26)10-8-19/h1-14H,15-17H2. The number of amides is 1. The zero-order valence-electron chi connectivity index (χ0n) is 16.7. The van der Waals surface area contributed by atoms with E-state index in [1.165, 1.54) is 24.3 Å². The SMILES string of the molecule is O=C(c1ccc(F)cc1)N(Cc1cccnc1)Cc1nccn1Cc1ccccc1Cl. The number of halogens is 2. The fourth-order valence-electron chi connectivity index (χ4n) is 3.30. The Labute approximate surface area is 184 Å². The first kappa shape index (κ1) is 20.8. The van der Waals surface area contributed by atoms with Gasteiger partial charge in [-0.1, -0.05) is 35.9 Å². The molecule has 2 aromatic heterocycles. The Bertz CT molecular complexity index is 1160. The van der Waals surface area contributed by atoms with E-state index in [0.29, 0.717) is 23.7 Å². The average Bonchev–Trinajstić information content (AvgIpc) is 3.22. The number of rotatable bonds is 7. The number of benzene rings is 2. The van der Waals surface area contributed by atoms with Crippen LogP contribution in [0, 0.1) is 5.82 Å². The lowest BCUT2D eigenvalue weighted by atomic mass is 10.1. The molecule has 0 aliphatic rings. The van der Waals surface area contributed by atoms with Crippen LogP contribution in [0.25, 0.3) is 0 Å². The highest BCUT2D eigenvalue weighted by Crippen LogP contribution is 2.19. The number of pyridine rings is 1. The Balaban J connectivity index is 1.61. The van der Waals surface area contributed by atoms with E-state index < -0.39 is 0 Å². The lowest BCUT2D eigenvalue weighted by Gasteiger charge is -2.23. The van der Waals surface area contributed by atoms with E-state index in [-0.39, 0.29) is 18.3 Å². The summed E-state index contributed by atoms with van der Waals surface area (Å²) in [5, 5.41) is 0.678. The maximum Gasteiger partial charge on any atom is 0.254 e. The third kappa shape index (κ3) is 5.16. The van der Waals surface area contributed by atoms with Crippen LogP contribution in [0.2, 0.25) is 5.02 Å². The molecule has 2 aromatic carbocycles. The second-order valence-corrected chi connectivity index (χ2v) is 7.50. The van der Waals surface area contributed by atoms with E-state index in [9.17, 15) is 9.18 Å². The van der Waals surface area contributed by atoms with Crippen molar-refractivity contribution in [3.63, 3.8) is 0 Å². The summed E-state index contributed by atoms with van der Waals surface area (Å²) in [5.41, 5.74) is 2.27. The lowest BCUT2D eigenvalue weighted by molar-refractivity contribution is 0.0723. The minimum Gasteiger partial charge on any atom is -0.329 e. The van der Waals surface area contributed by atoms with Gasteiger partial charge in [-0.25, -0.2) is 9.37 Å². The van der Waals surface area contributed by atoms with Crippen LogP contribution in [0.4, 0.5) is 4.39 Å². The van der Waals surface area contributed by atoms with Crippen LogP contribution in [0.1, 0.15) is 27.3 Å². The summed E-state index contributed by atoms with van der Waals surface area (Å²) in [5.74, 6) is 0.126. The van der Waals surface area contributed by atoms with Crippen molar-refractivity contribution in [3.8, 4) is 0 Å². The molecule has 0 atom stereocenters. The van der Waals surface area contributed by atoms with Gasteiger partial charge in [0.05, 0.1) is 13.1 Å². The van der Waals surface area contributed by atoms with E-state index in [0.717, 1.165) is 17.0 Å². The molecule has 1 amide bonds. The molecule has 0 unspecified atom stereocenters. The summed E-state index contributed by atoms with van der Waals surface area (Å²) < 4.78 is 15.3. The molecular formula is C24H20ClFN4O. The summed E-state index contributed by atoms with van der Waals surface area (Å²) >= 11 is 6.31. The van der Waals surface area contributed by atoms with Crippen molar-refractivity contribution in [2.75, 3.05) is 0 Å². The van der Waals surface area contributed by atoms with Crippen molar-refractivity contribution in [3.05, 3.63) is 119 Å². The maximum absolute atomic E-state index is 13.3. The molecule has 0 radical (unpaired) electrons. The van der Waals surface area contributed by atoms with Gasteiger partial charge in [-0.05, 0) is 47.5 Å². The average molecular weight is 435 g/mol. The zero-order valence-corrected chi connectivity index (χ0v) is 17.4. The largest absolute Gasteiger partial charge is 0.329 e.